The molecule has 0 saturated carbocycles. The highest BCUT2D eigenvalue weighted by atomic mass is 16.2. The first-order valence-electron chi connectivity index (χ1n) is 9.71. The Kier molecular flexibility index (Phi) is 6.98. The molecule has 0 spiro atoms. The molecule has 2 N–H and O–H groups in total. The van der Waals surface area contributed by atoms with Crippen LogP contribution in [0.15, 0.2) is 60.7 Å². The number of benzene rings is 2. The average Bonchev–Trinajstić information content (AvgIpc) is 2.69. The molecule has 1 saturated heterocycles. The molecular weight excluding hydrogens is 350 g/mol. The molecule has 0 atom stereocenters. The van der Waals surface area contributed by atoms with Gasteiger partial charge in [0.05, 0.1) is 6.54 Å². The molecule has 1 heterocycles. The lowest BCUT2D eigenvalue weighted by molar-refractivity contribution is -0.119. The highest BCUT2D eigenvalue weighted by molar-refractivity contribution is 5.92. The predicted molar refractivity (Wildman–Crippen MR) is 113 cm³/mol. The Morgan fingerprint density at radius 1 is 1.07 bits per heavy atom. The minimum absolute atomic E-state index is 0.00484. The SMILES string of the molecule is Cc1cccc(/C=C/C(=O)NC2CCN(CC(=O)Nc3ccccc3)CC2)c1. The van der Waals surface area contributed by atoms with E-state index in [1.54, 1.807) is 6.08 Å². The Bertz CT molecular complexity index is 825. The highest BCUT2D eigenvalue weighted by Gasteiger charge is 2.21. The average molecular weight is 377 g/mol. The van der Waals surface area contributed by atoms with E-state index in [1.807, 2.05) is 67.6 Å². The van der Waals surface area contributed by atoms with Crippen molar-refractivity contribution < 1.29 is 9.59 Å². The molecule has 1 fully saturated rings. The number of para-hydroxylation sites is 1. The molecule has 5 heteroatoms. The van der Waals surface area contributed by atoms with Crippen LogP contribution < -0.4 is 10.6 Å². The monoisotopic (exact) mass is 377 g/mol. The van der Waals surface area contributed by atoms with Crippen molar-refractivity contribution in [2.75, 3.05) is 25.0 Å². The summed E-state index contributed by atoms with van der Waals surface area (Å²) < 4.78 is 0. The molecule has 2 amide bonds. The normalized spacial score (nSPS) is 15.5. The second-order valence-electron chi connectivity index (χ2n) is 7.22. The second-order valence-corrected chi connectivity index (χ2v) is 7.22. The Hall–Kier alpha value is -2.92. The van der Waals surface area contributed by atoms with E-state index in [2.05, 4.69) is 15.5 Å². The molecule has 5 nitrogen and oxygen atoms in total. The molecule has 0 aliphatic carbocycles. The van der Waals surface area contributed by atoms with Gasteiger partial charge in [0.25, 0.3) is 0 Å². The first-order chi connectivity index (χ1) is 13.6. The van der Waals surface area contributed by atoms with Gasteiger partial charge in [-0.1, -0.05) is 48.0 Å². The van der Waals surface area contributed by atoms with E-state index in [0.717, 1.165) is 37.2 Å². The smallest absolute Gasteiger partial charge is 0.244 e. The fourth-order valence-electron chi connectivity index (χ4n) is 3.36. The summed E-state index contributed by atoms with van der Waals surface area (Å²) in [4.78, 5) is 26.4. The number of likely N-dealkylation sites (tertiary alicyclic amines) is 1. The summed E-state index contributed by atoms with van der Waals surface area (Å²) in [5.74, 6) is -0.0726. The van der Waals surface area contributed by atoms with Crippen LogP contribution in [-0.2, 0) is 9.59 Å². The Balaban J connectivity index is 1.39. The fourth-order valence-corrected chi connectivity index (χ4v) is 3.36. The third kappa shape index (κ3) is 6.35. The Morgan fingerprint density at radius 2 is 1.82 bits per heavy atom. The lowest BCUT2D eigenvalue weighted by atomic mass is 10.0. The zero-order valence-corrected chi connectivity index (χ0v) is 16.2. The number of carbonyl (C=O) groups excluding carboxylic acids is 2. The number of amides is 2. The second kappa shape index (κ2) is 9.85. The minimum atomic E-state index is -0.0678. The molecule has 0 unspecified atom stereocenters. The Morgan fingerprint density at radius 3 is 2.54 bits per heavy atom. The number of rotatable bonds is 6. The summed E-state index contributed by atoms with van der Waals surface area (Å²) in [5.41, 5.74) is 3.01. The molecule has 1 aliphatic rings. The highest BCUT2D eigenvalue weighted by Crippen LogP contribution is 2.12. The van der Waals surface area contributed by atoms with Crippen LogP contribution in [0.4, 0.5) is 5.69 Å². The van der Waals surface area contributed by atoms with Gasteiger partial charge < -0.3 is 10.6 Å². The van der Waals surface area contributed by atoms with E-state index in [1.165, 1.54) is 5.56 Å². The lowest BCUT2D eigenvalue weighted by Crippen LogP contribution is -2.46. The van der Waals surface area contributed by atoms with Crippen molar-refractivity contribution in [3.05, 3.63) is 71.8 Å². The van der Waals surface area contributed by atoms with E-state index in [-0.39, 0.29) is 17.9 Å². The lowest BCUT2D eigenvalue weighted by Gasteiger charge is -2.31. The molecule has 0 bridgehead atoms. The quantitative estimate of drug-likeness (QED) is 0.760. The number of nitrogens with zero attached hydrogens (tertiary/aromatic N) is 1. The fraction of sp³-hybridized carbons (Fsp3) is 0.304. The van der Waals surface area contributed by atoms with Gasteiger partial charge in [-0.15, -0.1) is 0 Å². The molecule has 28 heavy (non-hydrogen) atoms. The van der Waals surface area contributed by atoms with Gasteiger partial charge >= 0.3 is 0 Å². The van der Waals surface area contributed by atoms with Gasteiger partial charge in [-0.2, -0.15) is 0 Å². The van der Waals surface area contributed by atoms with Crippen LogP contribution in [-0.4, -0.2) is 42.4 Å². The molecule has 1 aliphatic heterocycles. The van der Waals surface area contributed by atoms with Crippen LogP contribution in [0.3, 0.4) is 0 Å². The van der Waals surface area contributed by atoms with Crippen LogP contribution in [0.5, 0.6) is 0 Å². The van der Waals surface area contributed by atoms with Crippen LogP contribution >= 0.6 is 0 Å². The zero-order chi connectivity index (χ0) is 19.8. The number of hydrogen-bond acceptors (Lipinski definition) is 3. The van der Waals surface area contributed by atoms with Gasteiger partial charge in [0, 0.05) is 30.9 Å². The van der Waals surface area contributed by atoms with Crippen LogP contribution in [0, 0.1) is 6.92 Å². The number of nitrogens with one attached hydrogen (secondary N) is 2. The molecule has 0 aromatic heterocycles. The number of carbonyl (C=O) groups is 2. The number of piperidine rings is 1. The number of anilines is 1. The van der Waals surface area contributed by atoms with Crippen molar-refractivity contribution in [2.24, 2.45) is 0 Å². The van der Waals surface area contributed by atoms with Gasteiger partial charge in [0.15, 0.2) is 0 Å². The van der Waals surface area contributed by atoms with Crippen molar-refractivity contribution in [1.82, 2.24) is 10.2 Å². The maximum Gasteiger partial charge on any atom is 0.244 e. The van der Waals surface area contributed by atoms with E-state index >= 15 is 0 Å². The molecular formula is C23H27N3O2. The van der Waals surface area contributed by atoms with Gasteiger partial charge in [0.2, 0.25) is 11.8 Å². The van der Waals surface area contributed by atoms with Crippen molar-refractivity contribution >= 4 is 23.6 Å². The van der Waals surface area contributed by atoms with E-state index < -0.39 is 0 Å². The molecule has 0 radical (unpaired) electrons. The summed E-state index contributed by atoms with van der Waals surface area (Å²) in [6, 6.07) is 17.7. The maximum atomic E-state index is 12.2. The minimum Gasteiger partial charge on any atom is -0.350 e. The summed E-state index contributed by atoms with van der Waals surface area (Å²) in [6.07, 6.45) is 5.13. The van der Waals surface area contributed by atoms with Gasteiger partial charge in [-0.3, -0.25) is 14.5 Å². The number of aryl methyl sites for hydroxylation is 1. The van der Waals surface area contributed by atoms with Crippen molar-refractivity contribution in [3.8, 4) is 0 Å². The van der Waals surface area contributed by atoms with Gasteiger partial charge in [-0.05, 0) is 43.5 Å². The number of hydrogen-bond donors (Lipinski definition) is 2. The molecule has 2 aromatic carbocycles. The molecule has 2 aromatic rings. The third-order valence-electron chi connectivity index (χ3n) is 4.83. The summed E-state index contributed by atoms with van der Waals surface area (Å²) >= 11 is 0. The van der Waals surface area contributed by atoms with Crippen molar-refractivity contribution in [3.63, 3.8) is 0 Å². The van der Waals surface area contributed by atoms with E-state index in [9.17, 15) is 9.59 Å². The molecule has 3 rings (SSSR count). The summed E-state index contributed by atoms with van der Waals surface area (Å²) in [6.45, 7) is 4.01. The zero-order valence-electron chi connectivity index (χ0n) is 16.2. The first kappa shape index (κ1) is 19.8. The van der Waals surface area contributed by atoms with Crippen LogP contribution in [0.2, 0.25) is 0 Å². The van der Waals surface area contributed by atoms with Gasteiger partial charge in [-0.25, -0.2) is 0 Å². The predicted octanol–water partition coefficient (Wildman–Crippen LogP) is 3.23. The maximum absolute atomic E-state index is 12.2. The first-order valence-corrected chi connectivity index (χ1v) is 9.71. The van der Waals surface area contributed by atoms with E-state index in [4.69, 9.17) is 0 Å². The molecule has 146 valence electrons. The van der Waals surface area contributed by atoms with Crippen molar-refractivity contribution in [1.29, 1.82) is 0 Å². The van der Waals surface area contributed by atoms with Crippen LogP contribution in [0.25, 0.3) is 6.08 Å². The van der Waals surface area contributed by atoms with Crippen molar-refractivity contribution in [2.45, 2.75) is 25.8 Å². The third-order valence-corrected chi connectivity index (χ3v) is 4.83. The largest absolute Gasteiger partial charge is 0.350 e. The van der Waals surface area contributed by atoms with Crippen LogP contribution in [0.1, 0.15) is 24.0 Å². The summed E-state index contributed by atoms with van der Waals surface area (Å²) in [7, 11) is 0. The van der Waals surface area contributed by atoms with Gasteiger partial charge in [0.1, 0.15) is 0 Å². The van der Waals surface area contributed by atoms with E-state index in [0.29, 0.717) is 6.54 Å². The topological polar surface area (TPSA) is 61.4 Å². The standard InChI is InChI=1S/C23H27N3O2/c1-18-6-5-7-19(16-18)10-11-22(27)24-21-12-14-26(15-13-21)17-23(28)25-20-8-3-2-4-9-20/h2-11,16,21H,12-15,17H2,1H3,(H,24,27)(H,25,28)/b11-10+. The Labute approximate surface area is 166 Å². The summed E-state index contributed by atoms with van der Waals surface area (Å²) in [5, 5.41) is 5.97.